The molecular formula is C25H34O2. The first-order valence-corrected chi connectivity index (χ1v) is 10.6. The van der Waals surface area contributed by atoms with Crippen molar-refractivity contribution < 1.29 is 9.84 Å². The fourth-order valence-corrected chi connectivity index (χ4v) is 4.62. The largest absolute Gasteiger partial charge is 0.508 e. The molecule has 0 fully saturated rings. The molecule has 0 amide bonds. The van der Waals surface area contributed by atoms with Crippen LogP contribution in [0.15, 0.2) is 23.8 Å². The van der Waals surface area contributed by atoms with Crippen molar-refractivity contribution in [2.45, 2.75) is 90.6 Å². The number of ether oxygens (including phenoxy) is 1. The van der Waals surface area contributed by atoms with Crippen LogP contribution < -0.4 is 4.74 Å². The minimum absolute atomic E-state index is 0.217. The Hall–Kier alpha value is -1.88. The molecule has 0 aromatic heterocycles. The molecule has 0 radical (unpaired) electrons. The van der Waals surface area contributed by atoms with Gasteiger partial charge in [0.05, 0.1) is 0 Å². The first-order valence-electron chi connectivity index (χ1n) is 10.6. The summed E-state index contributed by atoms with van der Waals surface area (Å²) < 4.78 is 6.38. The summed E-state index contributed by atoms with van der Waals surface area (Å²) in [5.41, 5.74) is 3.25. The lowest BCUT2D eigenvalue weighted by Crippen LogP contribution is -2.45. The van der Waals surface area contributed by atoms with Crippen LogP contribution in [0.4, 0.5) is 0 Å². The van der Waals surface area contributed by atoms with Crippen LogP contribution in [0, 0.1) is 17.8 Å². The van der Waals surface area contributed by atoms with E-state index in [9.17, 15) is 5.11 Å². The summed E-state index contributed by atoms with van der Waals surface area (Å²) in [4.78, 5) is 0. The van der Waals surface area contributed by atoms with Gasteiger partial charge in [0.2, 0.25) is 0 Å². The lowest BCUT2D eigenvalue weighted by Gasteiger charge is -2.47. The Bertz CT molecular complexity index is 761. The molecule has 2 atom stereocenters. The van der Waals surface area contributed by atoms with Crippen LogP contribution in [0.3, 0.4) is 0 Å². The molecule has 2 heteroatoms. The van der Waals surface area contributed by atoms with E-state index in [0.717, 1.165) is 36.1 Å². The molecule has 1 heterocycles. The normalized spacial score (nSPS) is 22.6. The van der Waals surface area contributed by atoms with Crippen molar-refractivity contribution in [1.82, 2.24) is 0 Å². The lowest BCUT2D eigenvalue weighted by atomic mass is 9.67. The molecule has 2 aliphatic rings. The van der Waals surface area contributed by atoms with Crippen molar-refractivity contribution in [2.24, 2.45) is 5.92 Å². The van der Waals surface area contributed by atoms with Gasteiger partial charge in [-0.25, -0.2) is 0 Å². The van der Waals surface area contributed by atoms with Gasteiger partial charge in [0.25, 0.3) is 0 Å². The maximum Gasteiger partial charge on any atom is 0.127 e. The highest BCUT2D eigenvalue weighted by Gasteiger charge is 2.45. The molecule has 1 aromatic carbocycles. The molecule has 0 bridgehead atoms. The molecule has 1 aliphatic heterocycles. The van der Waals surface area contributed by atoms with Crippen molar-refractivity contribution in [3.63, 3.8) is 0 Å². The summed E-state index contributed by atoms with van der Waals surface area (Å²) in [5, 5.41) is 10.8. The predicted octanol–water partition coefficient (Wildman–Crippen LogP) is 6.52. The van der Waals surface area contributed by atoms with E-state index in [0.29, 0.717) is 24.0 Å². The number of phenolic OH excluding ortho intramolecular Hbond substituents is 1. The van der Waals surface area contributed by atoms with Gasteiger partial charge in [0.15, 0.2) is 0 Å². The van der Waals surface area contributed by atoms with E-state index in [1.807, 2.05) is 6.07 Å². The highest BCUT2D eigenvalue weighted by atomic mass is 16.5. The van der Waals surface area contributed by atoms with E-state index in [-0.39, 0.29) is 5.60 Å². The van der Waals surface area contributed by atoms with E-state index in [1.54, 1.807) is 0 Å². The number of rotatable bonds is 5. The summed E-state index contributed by atoms with van der Waals surface area (Å²) in [7, 11) is 0. The Balaban J connectivity index is 1.76. The molecule has 2 unspecified atom stereocenters. The quantitative estimate of drug-likeness (QED) is 0.365. The van der Waals surface area contributed by atoms with Gasteiger partial charge in [0, 0.05) is 30.2 Å². The van der Waals surface area contributed by atoms with Crippen molar-refractivity contribution in [3.8, 4) is 23.3 Å². The van der Waals surface area contributed by atoms with Gasteiger partial charge in [0.1, 0.15) is 17.1 Å². The maximum atomic E-state index is 10.8. The zero-order chi connectivity index (χ0) is 19.4. The van der Waals surface area contributed by atoms with Crippen molar-refractivity contribution in [2.75, 3.05) is 0 Å². The minimum Gasteiger partial charge on any atom is -0.508 e. The average molecular weight is 367 g/mol. The molecule has 1 aromatic rings. The predicted molar refractivity (Wildman–Crippen MR) is 112 cm³/mol. The molecule has 27 heavy (non-hydrogen) atoms. The van der Waals surface area contributed by atoms with Gasteiger partial charge in [-0.05, 0) is 57.7 Å². The average Bonchev–Trinajstić information content (AvgIpc) is 2.59. The van der Waals surface area contributed by atoms with Crippen molar-refractivity contribution >= 4 is 0 Å². The minimum atomic E-state index is -0.217. The fourth-order valence-electron chi connectivity index (χ4n) is 4.62. The molecule has 1 N–H and O–H groups in total. The van der Waals surface area contributed by atoms with Crippen LogP contribution in [0.25, 0.3) is 0 Å². The first-order chi connectivity index (χ1) is 12.9. The van der Waals surface area contributed by atoms with E-state index < -0.39 is 0 Å². The summed E-state index contributed by atoms with van der Waals surface area (Å²) >= 11 is 0. The zero-order valence-electron chi connectivity index (χ0n) is 17.4. The van der Waals surface area contributed by atoms with Crippen LogP contribution in [-0.2, 0) is 6.42 Å². The molecular weight excluding hydrogens is 332 g/mol. The first kappa shape index (κ1) is 19.9. The van der Waals surface area contributed by atoms with E-state index in [4.69, 9.17) is 4.74 Å². The van der Waals surface area contributed by atoms with Crippen LogP contribution in [0.5, 0.6) is 11.5 Å². The number of phenols is 1. The smallest absolute Gasteiger partial charge is 0.127 e. The van der Waals surface area contributed by atoms with Crippen LogP contribution in [0.1, 0.15) is 89.7 Å². The highest BCUT2D eigenvalue weighted by Crippen LogP contribution is 2.54. The molecule has 1 aliphatic carbocycles. The Labute approximate surface area is 165 Å². The third-order valence-corrected chi connectivity index (χ3v) is 6.14. The van der Waals surface area contributed by atoms with E-state index in [2.05, 4.69) is 51.7 Å². The third kappa shape index (κ3) is 4.52. The standard InChI is InChI=1S/C25H34O2/c1-5-6-7-8-9-10-11-12-19-16-22(26)24-20-15-18(2)13-14-21(20)25(3,4)27-23(24)17-19/h13,16-17,20-21,26H,5-9,12,14-15H2,1-4H3. The van der Waals surface area contributed by atoms with Crippen LogP contribution in [0.2, 0.25) is 0 Å². The molecule has 0 spiro atoms. The zero-order valence-corrected chi connectivity index (χ0v) is 17.4. The second-order valence-corrected chi connectivity index (χ2v) is 8.78. The summed E-state index contributed by atoms with van der Waals surface area (Å²) in [6, 6.07) is 4.00. The van der Waals surface area contributed by atoms with E-state index in [1.165, 1.54) is 31.3 Å². The highest BCUT2D eigenvalue weighted by molar-refractivity contribution is 5.53. The number of benzene rings is 1. The Morgan fingerprint density at radius 3 is 2.78 bits per heavy atom. The van der Waals surface area contributed by atoms with Gasteiger partial charge in [-0.1, -0.05) is 43.8 Å². The monoisotopic (exact) mass is 366 g/mol. The number of unbranched alkanes of at least 4 members (excludes halogenated alkanes) is 4. The van der Waals surface area contributed by atoms with Gasteiger partial charge >= 0.3 is 0 Å². The van der Waals surface area contributed by atoms with E-state index >= 15 is 0 Å². The third-order valence-electron chi connectivity index (χ3n) is 6.14. The van der Waals surface area contributed by atoms with Gasteiger partial charge in [-0.3, -0.25) is 0 Å². The number of hydrogen-bond donors (Lipinski definition) is 1. The van der Waals surface area contributed by atoms with Crippen LogP contribution in [-0.4, -0.2) is 10.7 Å². The van der Waals surface area contributed by atoms with Gasteiger partial charge < -0.3 is 9.84 Å². The molecule has 0 saturated heterocycles. The number of fused-ring (bicyclic) bond motifs is 3. The van der Waals surface area contributed by atoms with Crippen molar-refractivity contribution in [3.05, 3.63) is 34.9 Å². The van der Waals surface area contributed by atoms with Gasteiger partial charge in [-0.15, -0.1) is 5.92 Å². The summed E-state index contributed by atoms with van der Waals surface area (Å²) in [5.74, 6) is 8.54. The topological polar surface area (TPSA) is 29.5 Å². The fraction of sp³-hybridized carbons (Fsp3) is 0.600. The summed E-state index contributed by atoms with van der Waals surface area (Å²) in [6.07, 6.45) is 11.0. The molecule has 3 rings (SSSR count). The Kier molecular flexibility index (Phi) is 6.20. The SMILES string of the molecule is CCCCCCC#CCc1cc(O)c2c(c1)OC(C)(C)C1CC=C(C)CC21. The number of allylic oxidation sites excluding steroid dienone is 2. The second-order valence-electron chi connectivity index (χ2n) is 8.78. The maximum absolute atomic E-state index is 10.8. The van der Waals surface area contributed by atoms with Crippen LogP contribution >= 0.6 is 0 Å². The Morgan fingerprint density at radius 1 is 1.19 bits per heavy atom. The molecule has 146 valence electrons. The van der Waals surface area contributed by atoms with Gasteiger partial charge in [-0.2, -0.15) is 0 Å². The molecule has 0 saturated carbocycles. The second kappa shape index (κ2) is 8.42. The molecule has 2 nitrogen and oxygen atoms in total. The number of aromatic hydroxyl groups is 1. The number of hydrogen-bond acceptors (Lipinski definition) is 2. The Morgan fingerprint density at radius 2 is 2.00 bits per heavy atom. The summed E-state index contributed by atoms with van der Waals surface area (Å²) in [6.45, 7) is 8.79. The van der Waals surface area contributed by atoms with Crippen molar-refractivity contribution in [1.29, 1.82) is 0 Å². The lowest BCUT2D eigenvalue weighted by molar-refractivity contribution is 0.00754.